The van der Waals surface area contributed by atoms with Crippen molar-refractivity contribution in [3.8, 4) is 22.4 Å². The molecule has 0 aliphatic carbocycles. The zero-order chi connectivity index (χ0) is 20.6. The second kappa shape index (κ2) is 7.04. The topological polar surface area (TPSA) is 142 Å². The Morgan fingerprint density at radius 1 is 0.966 bits per heavy atom. The van der Waals surface area contributed by atoms with Crippen LogP contribution in [0, 0.1) is 0 Å². The molecule has 29 heavy (non-hydrogen) atoms. The first-order chi connectivity index (χ1) is 13.8. The third kappa shape index (κ3) is 3.68. The Morgan fingerprint density at radius 2 is 1.79 bits per heavy atom. The first-order valence-electron chi connectivity index (χ1n) is 8.47. The quantitative estimate of drug-likeness (QED) is 0.532. The smallest absolute Gasteiger partial charge is 0.248 e. The van der Waals surface area contributed by atoms with Crippen LogP contribution in [0.5, 0.6) is 0 Å². The number of primary sulfonamides is 1. The van der Waals surface area contributed by atoms with Crippen molar-refractivity contribution in [2.24, 2.45) is 10.9 Å². The predicted molar refractivity (Wildman–Crippen MR) is 108 cm³/mol. The van der Waals surface area contributed by atoms with E-state index in [2.05, 4.69) is 15.0 Å². The molecule has 0 fully saturated rings. The second-order valence-corrected chi connectivity index (χ2v) is 7.88. The van der Waals surface area contributed by atoms with E-state index in [0.29, 0.717) is 27.9 Å². The van der Waals surface area contributed by atoms with Crippen LogP contribution in [0.4, 0.5) is 0 Å². The van der Waals surface area contributed by atoms with Gasteiger partial charge in [0.05, 0.1) is 16.7 Å². The number of nitrogens with zero attached hydrogens (tertiary/aromatic N) is 3. The number of carbonyl (C=O) groups excluding carboxylic acids is 1. The molecule has 4 aromatic rings. The van der Waals surface area contributed by atoms with Gasteiger partial charge in [0.2, 0.25) is 15.9 Å². The maximum absolute atomic E-state index is 11.6. The van der Waals surface area contributed by atoms with Gasteiger partial charge >= 0.3 is 0 Å². The first kappa shape index (κ1) is 18.7. The van der Waals surface area contributed by atoms with Crippen LogP contribution in [-0.2, 0) is 10.0 Å². The van der Waals surface area contributed by atoms with Crippen molar-refractivity contribution in [2.45, 2.75) is 4.90 Å². The van der Waals surface area contributed by atoms with Crippen LogP contribution < -0.4 is 10.9 Å². The SMILES string of the molecule is NC(=O)c1cccc(-c2ccnc3ccc(-c4cncc(S(N)(=O)=O)c4)nc23)c1. The Hall–Kier alpha value is -3.69. The zero-order valence-electron chi connectivity index (χ0n) is 15.0. The van der Waals surface area contributed by atoms with E-state index in [1.807, 2.05) is 6.07 Å². The fourth-order valence-electron chi connectivity index (χ4n) is 2.97. The molecule has 0 radical (unpaired) electrons. The van der Waals surface area contributed by atoms with Crippen molar-refractivity contribution in [1.29, 1.82) is 0 Å². The summed E-state index contributed by atoms with van der Waals surface area (Å²) in [5.74, 6) is -0.523. The second-order valence-electron chi connectivity index (χ2n) is 6.32. The molecule has 4 N–H and O–H groups in total. The van der Waals surface area contributed by atoms with Gasteiger partial charge in [0.25, 0.3) is 0 Å². The minimum atomic E-state index is -3.89. The molecule has 4 rings (SSSR count). The van der Waals surface area contributed by atoms with E-state index < -0.39 is 15.9 Å². The molecule has 0 saturated heterocycles. The monoisotopic (exact) mass is 405 g/mol. The summed E-state index contributed by atoms with van der Waals surface area (Å²) in [6, 6.07) is 13.6. The van der Waals surface area contributed by atoms with Crippen LogP contribution in [0.1, 0.15) is 10.4 Å². The summed E-state index contributed by atoms with van der Waals surface area (Å²) in [6.07, 6.45) is 4.34. The van der Waals surface area contributed by atoms with Gasteiger partial charge in [-0.1, -0.05) is 12.1 Å². The fraction of sp³-hybridized carbons (Fsp3) is 0. The summed E-state index contributed by atoms with van der Waals surface area (Å²) in [4.78, 5) is 24.4. The molecule has 8 nitrogen and oxygen atoms in total. The highest BCUT2D eigenvalue weighted by atomic mass is 32.2. The van der Waals surface area contributed by atoms with Crippen molar-refractivity contribution in [2.75, 3.05) is 0 Å². The number of amides is 1. The van der Waals surface area contributed by atoms with Crippen molar-refractivity contribution >= 4 is 27.0 Å². The van der Waals surface area contributed by atoms with Crippen LogP contribution >= 0.6 is 0 Å². The number of nitrogens with two attached hydrogens (primary N) is 2. The molecule has 3 aromatic heterocycles. The van der Waals surface area contributed by atoms with Gasteiger partial charge in [-0.25, -0.2) is 18.5 Å². The van der Waals surface area contributed by atoms with Crippen molar-refractivity contribution in [3.05, 3.63) is 72.7 Å². The summed E-state index contributed by atoms with van der Waals surface area (Å²) in [5, 5.41) is 5.20. The van der Waals surface area contributed by atoms with E-state index in [1.54, 1.807) is 42.6 Å². The average Bonchev–Trinajstić information content (AvgIpc) is 2.72. The van der Waals surface area contributed by atoms with E-state index in [-0.39, 0.29) is 4.90 Å². The van der Waals surface area contributed by atoms with E-state index >= 15 is 0 Å². The zero-order valence-corrected chi connectivity index (χ0v) is 15.8. The Morgan fingerprint density at radius 3 is 2.55 bits per heavy atom. The molecular weight excluding hydrogens is 390 g/mol. The lowest BCUT2D eigenvalue weighted by atomic mass is 10.0. The number of aromatic nitrogens is 3. The summed E-state index contributed by atoms with van der Waals surface area (Å²) in [7, 11) is -3.89. The van der Waals surface area contributed by atoms with Gasteiger partial charge in [-0.05, 0) is 42.0 Å². The predicted octanol–water partition coefficient (Wildman–Crippen LogP) is 2.11. The molecule has 0 aliphatic heterocycles. The molecule has 9 heteroatoms. The van der Waals surface area contributed by atoms with Crippen LogP contribution in [0.2, 0.25) is 0 Å². The highest BCUT2D eigenvalue weighted by Crippen LogP contribution is 2.29. The lowest BCUT2D eigenvalue weighted by Gasteiger charge is -2.09. The summed E-state index contributed by atoms with van der Waals surface area (Å²) in [5.41, 5.74) is 9.54. The summed E-state index contributed by atoms with van der Waals surface area (Å²) >= 11 is 0. The van der Waals surface area contributed by atoms with Gasteiger partial charge < -0.3 is 5.73 Å². The number of carbonyl (C=O) groups is 1. The minimum absolute atomic E-state index is 0.0996. The normalized spacial score (nSPS) is 11.5. The standard InChI is InChI=1S/C20H15N5O3S/c21-20(26)13-3-1-2-12(8-13)16-6-7-24-18-5-4-17(25-19(16)18)14-9-15(11-23-10-14)29(22,27)28/h1-11H,(H2,21,26)(H2,22,27,28). The number of pyridine rings is 3. The number of benzene rings is 1. The number of primary amides is 1. The van der Waals surface area contributed by atoms with Gasteiger partial charge in [0.1, 0.15) is 4.90 Å². The largest absolute Gasteiger partial charge is 0.366 e. The van der Waals surface area contributed by atoms with Gasteiger partial charge in [0.15, 0.2) is 0 Å². The van der Waals surface area contributed by atoms with Gasteiger partial charge in [-0.3, -0.25) is 14.8 Å². The van der Waals surface area contributed by atoms with E-state index in [9.17, 15) is 13.2 Å². The Bertz CT molecular complexity index is 1370. The number of rotatable bonds is 4. The Labute approximate surface area is 166 Å². The average molecular weight is 405 g/mol. The molecule has 0 unspecified atom stereocenters. The Balaban J connectivity index is 1.90. The molecule has 0 atom stereocenters. The number of hydrogen-bond donors (Lipinski definition) is 2. The Kier molecular flexibility index (Phi) is 4.53. The molecule has 0 bridgehead atoms. The molecule has 0 aliphatic rings. The highest BCUT2D eigenvalue weighted by molar-refractivity contribution is 7.89. The number of fused-ring (bicyclic) bond motifs is 1. The van der Waals surface area contributed by atoms with Crippen molar-refractivity contribution in [1.82, 2.24) is 15.0 Å². The van der Waals surface area contributed by atoms with Crippen LogP contribution in [0.25, 0.3) is 33.4 Å². The van der Waals surface area contributed by atoms with E-state index in [1.165, 1.54) is 18.5 Å². The molecular formula is C20H15N5O3S. The highest BCUT2D eigenvalue weighted by Gasteiger charge is 2.13. The molecule has 1 amide bonds. The van der Waals surface area contributed by atoms with Crippen LogP contribution in [-0.4, -0.2) is 29.3 Å². The van der Waals surface area contributed by atoms with Crippen molar-refractivity contribution in [3.63, 3.8) is 0 Å². The van der Waals surface area contributed by atoms with Gasteiger partial charge in [0, 0.05) is 35.3 Å². The minimum Gasteiger partial charge on any atom is -0.366 e. The maximum atomic E-state index is 11.6. The van der Waals surface area contributed by atoms with Crippen LogP contribution in [0.15, 0.2) is 72.0 Å². The van der Waals surface area contributed by atoms with E-state index in [4.69, 9.17) is 10.9 Å². The van der Waals surface area contributed by atoms with Gasteiger partial charge in [-0.15, -0.1) is 0 Å². The molecule has 1 aromatic carbocycles. The molecule has 0 saturated carbocycles. The summed E-state index contributed by atoms with van der Waals surface area (Å²) < 4.78 is 23.2. The third-order valence-corrected chi connectivity index (χ3v) is 5.26. The maximum Gasteiger partial charge on any atom is 0.248 e. The third-order valence-electron chi connectivity index (χ3n) is 4.38. The van der Waals surface area contributed by atoms with Crippen LogP contribution in [0.3, 0.4) is 0 Å². The van der Waals surface area contributed by atoms with E-state index in [0.717, 1.165) is 11.1 Å². The number of sulfonamides is 1. The lowest BCUT2D eigenvalue weighted by Crippen LogP contribution is -2.12. The molecule has 0 spiro atoms. The lowest BCUT2D eigenvalue weighted by molar-refractivity contribution is 0.100. The molecule has 144 valence electrons. The number of hydrogen-bond acceptors (Lipinski definition) is 6. The molecule has 3 heterocycles. The van der Waals surface area contributed by atoms with Crippen molar-refractivity contribution < 1.29 is 13.2 Å². The summed E-state index contributed by atoms with van der Waals surface area (Å²) in [6.45, 7) is 0. The van der Waals surface area contributed by atoms with Gasteiger partial charge in [-0.2, -0.15) is 0 Å². The fourth-order valence-corrected chi connectivity index (χ4v) is 3.47. The first-order valence-corrected chi connectivity index (χ1v) is 10.0.